The Balaban J connectivity index is 1.30. The van der Waals surface area contributed by atoms with Gasteiger partial charge in [-0.05, 0) is 24.3 Å². The second-order valence-corrected chi connectivity index (χ2v) is 8.44. The smallest absolute Gasteiger partial charge is 0.414 e. The van der Waals surface area contributed by atoms with Gasteiger partial charge >= 0.3 is 12.2 Å². The van der Waals surface area contributed by atoms with E-state index in [1.165, 1.54) is 18.1 Å². The molecular formula is C23H22FN5O4. The number of benzene rings is 1. The van der Waals surface area contributed by atoms with Crippen LogP contribution in [-0.4, -0.2) is 56.6 Å². The predicted octanol–water partition coefficient (Wildman–Crippen LogP) is 2.18. The van der Waals surface area contributed by atoms with Crippen molar-refractivity contribution in [1.82, 2.24) is 15.6 Å². The number of ether oxygens (including phenoxy) is 2. The van der Waals surface area contributed by atoms with Crippen LogP contribution in [0.4, 0.5) is 19.7 Å². The average molecular weight is 451 g/mol. The largest absolute Gasteiger partial charge is 0.453 e. The molecule has 9 nitrogen and oxygen atoms in total. The lowest BCUT2D eigenvalue weighted by Gasteiger charge is -2.15. The van der Waals surface area contributed by atoms with Gasteiger partial charge in [0, 0.05) is 42.2 Å². The van der Waals surface area contributed by atoms with E-state index in [9.17, 15) is 19.2 Å². The van der Waals surface area contributed by atoms with Gasteiger partial charge in [0.05, 0.1) is 37.6 Å². The topological polar surface area (TPSA) is 117 Å². The summed E-state index contributed by atoms with van der Waals surface area (Å²) in [5, 5.41) is 15.5. The third kappa shape index (κ3) is 3.45. The number of carbonyl (C=O) groups excluding carboxylic acids is 2. The Kier molecular flexibility index (Phi) is 5.13. The van der Waals surface area contributed by atoms with Gasteiger partial charge in [-0.3, -0.25) is 9.88 Å². The normalized spacial score (nSPS) is 27.5. The maximum Gasteiger partial charge on any atom is 0.414 e. The van der Waals surface area contributed by atoms with Crippen molar-refractivity contribution in [3.8, 4) is 17.2 Å². The molecule has 1 aromatic carbocycles. The Hall–Kier alpha value is -3.71. The fourth-order valence-corrected chi connectivity index (χ4v) is 4.95. The zero-order chi connectivity index (χ0) is 23.2. The molecule has 0 unspecified atom stereocenters. The minimum absolute atomic E-state index is 0.0927. The molecular weight excluding hydrogens is 429 g/mol. The third-order valence-corrected chi connectivity index (χ3v) is 6.76. The third-order valence-electron chi connectivity index (χ3n) is 6.76. The van der Waals surface area contributed by atoms with Crippen molar-refractivity contribution in [3.05, 3.63) is 48.0 Å². The van der Waals surface area contributed by atoms with E-state index >= 15 is 0 Å². The molecule has 2 amide bonds. The lowest BCUT2D eigenvalue weighted by atomic mass is 9.96. The number of nitrogens with one attached hydrogen (secondary N) is 2. The molecule has 170 valence electrons. The van der Waals surface area contributed by atoms with Crippen LogP contribution in [0.2, 0.25) is 0 Å². The number of amides is 2. The van der Waals surface area contributed by atoms with E-state index in [2.05, 4.69) is 26.4 Å². The molecule has 3 fully saturated rings. The maximum atomic E-state index is 15.0. The highest BCUT2D eigenvalue weighted by Gasteiger charge is 2.69. The number of anilines is 1. The van der Waals surface area contributed by atoms with E-state index in [0.29, 0.717) is 16.8 Å². The minimum Gasteiger partial charge on any atom is -0.453 e. The molecule has 4 atom stereocenters. The molecule has 0 bridgehead atoms. The molecule has 2 saturated heterocycles. The highest BCUT2D eigenvalue weighted by Crippen LogP contribution is 2.60. The van der Waals surface area contributed by atoms with Gasteiger partial charge in [0.1, 0.15) is 17.3 Å². The number of nitrogens with zero attached hydrogens (tertiary/aromatic N) is 3. The van der Waals surface area contributed by atoms with E-state index < -0.39 is 29.5 Å². The number of hydrogen-bond donors (Lipinski definition) is 2. The van der Waals surface area contributed by atoms with Crippen molar-refractivity contribution in [3.63, 3.8) is 0 Å². The number of piperidine rings is 1. The van der Waals surface area contributed by atoms with E-state index in [1.54, 1.807) is 30.5 Å². The molecule has 5 rings (SSSR count). The summed E-state index contributed by atoms with van der Waals surface area (Å²) in [4.78, 5) is 29.2. The Morgan fingerprint density at radius 1 is 1.39 bits per heavy atom. The number of alkyl carbamates (subject to hydrolysis) is 1. The summed E-state index contributed by atoms with van der Waals surface area (Å²) in [6.07, 6.45) is -0.217. The highest BCUT2D eigenvalue weighted by molar-refractivity contribution is 5.90. The molecule has 10 heteroatoms. The van der Waals surface area contributed by atoms with Gasteiger partial charge in [0.15, 0.2) is 0 Å². The Morgan fingerprint density at radius 2 is 2.18 bits per heavy atom. The number of aromatic nitrogens is 1. The molecule has 2 aromatic rings. The molecule has 1 saturated carbocycles. The van der Waals surface area contributed by atoms with Crippen molar-refractivity contribution in [1.29, 1.82) is 5.26 Å². The van der Waals surface area contributed by atoms with Crippen LogP contribution >= 0.6 is 0 Å². The number of nitriles is 1. The van der Waals surface area contributed by atoms with Crippen molar-refractivity contribution in [2.75, 3.05) is 38.2 Å². The van der Waals surface area contributed by atoms with Crippen LogP contribution in [0, 0.1) is 29.0 Å². The molecule has 3 heterocycles. The highest BCUT2D eigenvalue weighted by atomic mass is 19.1. The Morgan fingerprint density at radius 3 is 2.82 bits per heavy atom. The first-order valence-corrected chi connectivity index (χ1v) is 10.7. The Bertz CT molecular complexity index is 1140. The van der Waals surface area contributed by atoms with Gasteiger partial charge in [-0.2, -0.15) is 5.26 Å². The monoisotopic (exact) mass is 451 g/mol. The molecule has 2 N–H and O–H groups in total. The van der Waals surface area contributed by atoms with Gasteiger partial charge in [-0.1, -0.05) is 6.07 Å². The number of halogens is 1. The first-order chi connectivity index (χ1) is 16.0. The van der Waals surface area contributed by atoms with Gasteiger partial charge in [0.25, 0.3) is 0 Å². The number of carbonyl (C=O) groups is 2. The summed E-state index contributed by atoms with van der Waals surface area (Å²) in [5.74, 6) is 0.0564. The number of pyridine rings is 1. The number of cyclic esters (lactones) is 1. The molecule has 33 heavy (non-hydrogen) atoms. The number of methoxy groups -OCH3 is 1. The summed E-state index contributed by atoms with van der Waals surface area (Å²) in [5.41, 5.74) is 1.48. The molecule has 3 aliphatic rings. The molecule has 2 aliphatic heterocycles. The van der Waals surface area contributed by atoms with Crippen LogP contribution in [0.25, 0.3) is 11.1 Å². The van der Waals surface area contributed by atoms with Crippen LogP contribution in [0.5, 0.6) is 0 Å². The van der Waals surface area contributed by atoms with Crippen molar-refractivity contribution in [2.24, 2.45) is 11.8 Å². The summed E-state index contributed by atoms with van der Waals surface area (Å²) in [6, 6.07) is 10.5. The van der Waals surface area contributed by atoms with E-state index in [0.717, 1.165) is 18.8 Å². The predicted molar refractivity (Wildman–Crippen MR) is 115 cm³/mol. The van der Waals surface area contributed by atoms with E-state index in [-0.39, 0.29) is 24.9 Å². The van der Waals surface area contributed by atoms with Crippen LogP contribution in [0.15, 0.2) is 36.5 Å². The standard InChI is InChI=1S/C23H22FN5O4/c1-32-21(30)28-8-15-11-29(22(31)33-15)14-3-4-16(19(24)6-14)13-2-5-20(27-7-13)23(12-25)17-9-26-10-18(17)23/h2-7,15,17-18,26H,8-11H2,1H3,(H,28,30)/t15-,17-,18+,23+/m0/s1. The second kappa shape index (κ2) is 8.01. The lowest BCUT2D eigenvalue weighted by Crippen LogP contribution is -2.34. The first-order valence-electron chi connectivity index (χ1n) is 10.7. The fraction of sp³-hybridized carbons (Fsp3) is 0.391. The molecule has 1 aromatic heterocycles. The van der Waals surface area contributed by atoms with Crippen molar-refractivity contribution < 1.29 is 23.5 Å². The molecule has 1 aliphatic carbocycles. The minimum atomic E-state index is -0.623. The Labute approximate surface area is 189 Å². The molecule has 0 spiro atoms. The van der Waals surface area contributed by atoms with Gasteiger partial charge < -0.3 is 20.1 Å². The maximum absolute atomic E-state index is 15.0. The number of hydrogen-bond acceptors (Lipinski definition) is 7. The SMILES string of the molecule is COC(=O)NC[C@H]1CN(c2ccc(-c3ccc([C@@]4(C#N)[C@@H]5CNC[C@@H]54)nc3)c(F)c2)C(=O)O1. The first kappa shape index (κ1) is 21.2. The number of fused-ring (bicyclic) bond motifs is 1. The van der Waals surface area contributed by atoms with Crippen LogP contribution in [-0.2, 0) is 14.9 Å². The lowest BCUT2D eigenvalue weighted by molar-refractivity contribution is 0.132. The quantitative estimate of drug-likeness (QED) is 0.716. The van der Waals surface area contributed by atoms with Crippen LogP contribution < -0.4 is 15.5 Å². The van der Waals surface area contributed by atoms with Gasteiger partial charge in [-0.25, -0.2) is 14.0 Å². The van der Waals surface area contributed by atoms with E-state index in [4.69, 9.17) is 4.74 Å². The van der Waals surface area contributed by atoms with Crippen LogP contribution in [0.1, 0.15) is 5.69 Å². The average Bonchev–Trinajstić information content (AvgIpc) is 3.13. The van der Waals surface area contributed by atoms with Crippen LogP contribution in [0.3, 0.4) is 0 Å². The number of rotatable bonds is 5. The van der Waals surface area contributed by atoms with Crippen molar-refractivity contribution in [2.45, 2.75) is 11.5 Å². The zero-order valence-electron chi connectivity index (χ0n) is 17.9. The summed E-state index contributed by atoms with van der Waals surface area (Å²) in [6.45, 7) is 1.90. The van der Waals surface area contributed by atoms with Crippen molar-refractivity contribution >= 4 is 17.9 Å². The summed E-state index contributed by atoms with van der Waals surface area (Å²) >= 11 is 0. The van der Waals surface area contributed by atoms with Gasteiger partial charge in [-0.15, -0.1) is 0 Å². The summed E-state index contributed by atoms with van der Waals surface area (Å²) < 4.78 is 24.7. The zero-order valence-corrected chi connectivity index (χ0v) is 17.9. The fourth-order valence-electron chi connectivity index (χ4n) is 4.95. The molecule has 0 radical (unpaired) electrons. The summed E-state index contributed by atoms with van der Waals surface area (Å²) in [7, 11) is 1.24. The van der Waals surface area contributed by atoms with E-state index in [1.807, 2.05) is 0 Å². The second-order valence-electron chi connectivity index (χ2n) is 8.44. The van der Waals surface area contributed by atoms with Gasteiger partial charge in [0.2, 0.25) is 0 Å².